The fourth-order valence-corrected chi connectivity index (χ4v) is 5.61. The Morgan fingerprint density at radius 3 is 2.53 bits per heavy atom. The van der Waals surface area contributed by atoms with E-state index in [1.165, 1.54) is 0 Å². The van der Waals surface area contributed by atoms with Crippen molar-refractivity contribution < 1.29 is 14.3 Å². The van der Waals surface area contributed by atoms with Gasteiger partial charge >= 0.3 is 6.09 Å². The van der Waals surface area contributed by atoms with Crippen molar-refractivity contribution in [3.05, 3.63) is 29.8 Å². The second kappa shape index (κ2) is 16.1. The van der Waals surface area contributed by atoms with Crippen LogP contribution < -0.4 is 16.4 Å². The number of alkyl carbamates (subject to hydrolysis) is 1. The van der Waals surface area contributed by atoms with Gasteiger partial charge in [0.15, 0.2) is 5.88 Å². The lowest BCUT2D eigenvalue weighted by atomic mass is 10.0. The average Bonchev–Trinajstić information content (AvgIpc) is 3.25. The SMILES string of the molecule is CO/C(N)=C(/C=N/PI)c1cc(NCCCCCCCNC(=O)OC(C)(C)C)c2cnn(PI)c2c1. The Balaban J connectivity index is 1.93. The number of rotatable bonds is 14. The number of anilines is 1. The Morgan fingerprint density at radius 2 is 1.89 bits per heavy atom. The molecule has 1 aromatic carbocycles. The van der Waals surface area contributed by atoms with Crippen LogP contribution in [0.3, 0.4) is 0 Å². The molecular weight excluding hydrogens is 724 g/mol. The van der Waals surface area contributed by atoms with E-state index in [0.29, 0.717) is 25.2 Å². The molecule has 36 heavy (non-hydrogen) atoms. The first-order valence-corrected chi connectivity index (χ1v) is 19.8. The lowest BCUT2D eigenvalue weighted by Gasteiger charge is -2.19. The third kappa shape index (κ3) is 10.5. The molecule has 9 nitrogen and oxygen atoms in total. The monoisotopic (exact) mass is 760 g/mol. The van der Waals surface area contributed by atoms with Gasteiger partial charge in [-0.05, 0) is 95.4 Å². The number of unbranched alkanes of at least 4 members (excludes halogenated alkanes) is 4. The van der Waals surface area contributed by atoms with Crippen LogP contribution in [0.1, 0.15) is 58.4 Å². The highest BCUT2D eigenvalue weighted by molar-refractivity contribution is 14.2. The van der Waals surface area contributed by atoms with E-state index in [1.807, 2.05) is 31.4 Å². The third-order valence-electron chi connectivity index (χ3n) is 5.14. The van der Waals surface area contributed by atoms with E-state index < -0.39 is 5.60 Å². The standard InChI is InChI=1S/C23H36I2N6O3P2/c1-23(2,3)34-22(32)28-11-9-7-5-6-8-10-27-19-12-16(17(15-30-35-24)21(26)33-4)13-20-18(19)14-29-31(20)36-25/h12-15,27,35-36H,5-11,26H2,1-4H3,(H,28,32)/b21-17-,30-15+. The number of nitrogens with two attached hydrogens (primary N) is 1. The summed E-state index contributed by atoms with van der Waals surface area (Å²) in [6.07, 6.45) is 9.52. The predicted molar refractivity (Wildman–Crippen MR) is 172 cm³/mol. The van der Waals surface area contributed by atoms with E-state index in [-0.39, 0.29) is 6.09 Å². The number of hydrogen-bond donors (Lipinski definition) is 3. The molecule has 0 radical (unpaired) electrons. The van der Waals surface area contributed by atoms with Crippen molar-refractivity contribution in [2.45, 2.75) is 58.5 Å². The first-order valence-electron chi connectivity index (χ1n) is 11.7. The van der Waals surface area contributed by atoms with E-state index in [0.717, 1.165) is 66.4 Å². The summed E-state index contributed by atoms with van der Waals surface area (Å²) in [4.78, 5) is 11.7. The highest BCUT2D eigenvalue weighted by atomic mass is 127. The minimum absolute atomic E-state index is 0.336. The Labute approximate surface area is 243 Å². The summed E-state index contributed by atoms with van der Waals surface area (Å²) in [5, 5.41) is 12.0. The lowest BCUT2D eigenvalue weighted by molar-refractivity contribution is 0.0527. The maximum Gasteiger partial charge on any atom is 0.407 e. The van der Waals surface area contributed by atoms with Crippen molar-refractivity contribution >= 4 is 91.3 Å². The molecule has 2 aromatic rings. The van der Waals surface area contributed by atoms with E-state index >= 15 is 0 Å². The second-order valence-corrected chi connectivity index (χ2v) is 13.0. The number of nitrogens with zero attached hydrogens (tertiary/aromatic N) is 3. The number of carbonyl (C=O) groups excluding carboxylic acids is 1. The van der Waals surface area contributed by atoms with Crippen molar-refractivity contribution in [2.24, 2.45) is 10.5 Å². The summed E-state index contributed by atoms with van der Waals surface area (Å²) in [6, 6.07) is 4.19. The smallest absolute Gasteiger partial charge is 0.407 e. The predicted octanol–water partition coefficient (Wildman–Crippen LogP) is 7.00. The van der Waals surface area contributed by atoms with Crippen molar-refractivity contribution in [2.75, 3.05) is 25.5 Å². The summed E-state index contributed by atoms with van der Waals surface area (Å²) in [7, 11) is 1.57. The number of nitrogens with one attached hydrogen (secondary N) is 2. The molecule has 1 heterocycles. The molecule has 4 N–H and O–H groups in total. The van der Waals surface area contributed by atoms with Gasteiger partial charge in [-0.2, -0.15) is 5.10 Å². The van der Waals surface area contributed by atoms with Gasteiger partial charge in [0.2, 0.25) is 0 Å². The zero-order valence-electron chi connectivity index (χ0n) is 21.2. The number of fused-ring (bicyclic) bond motifs is 1. The minimum atomic E-state index is -0.464. The number of benzene rings is 1. The van der Waals surface area contributed by atoms with Gasteiger partial charge in [-0.25, -0.2) is 9.25 Å². The van der Waals surface area contributed by atoms with Crippen molar-refractivity contribution in [1.29, 1.82) is 0 Å². The van der Waals surface area contributed by atoms with Gasteiger partial charge in [0.1, 0.15) is 5.60 Å². The van der Waals surface area contributed by atoms with E-state index in [4.69, 9.17) is 15.2 Å². The average molecular weight is 760 g/mol. The fourth-order valence-electron chi connectivity index (χ4n) is 3.48. The largest absolute Gasteiger partial charge is 0.482 e. The number of hydrogen-bond acceptors (Lipinski definition) is 7. The molecule has 2 atom stereocenters. The molecular formula is C23H36I2N6O3P2. The van der Waals surface area contributed by atoms with Gasteiger partial charge in [0.05, 0.1) is 37.1 Å². The zero-order chi connectivity index (χ0) is 26.6. The number of aromatic nitrogens is 2. The molecule has 0 saturated heterocycles. The molecule has 13 heteroatoms. The van der Waals surface area contributed by atoms with Crippen LogP contribution in [-0.4, -0.2) is 47.7 Å². The van der Waals surface area contributed by atoms with Crippen LogP contribution in [-0.2, 0) is 9.47 Å². The summed E-state index contributed by atoms with van der Waals surface area (Å²) in [6.45, 7) is 7.09. The lowest BCUT2D eigenvalue weighted by Crippen LogP contribution is -2.32. The summed E-state index contributed by atoms with van der Waals surface area (Å²) in [5.41, 5.74) is 9.47. The van der Waals surface area contributed by atoms with E-state index in [1.54, 1.807) is 13.3 Å². The zero-order valence-corrected chi connectivity index (χ0v) is 27.5. The maximum absolute atomic E-state index is 11.7. The van der Waals surface area contributed by atoms with Gasteiger partial charge in [-0.15, -0.1) is 0 Å². The first-order chi connectivity index (χ1) is 17.2. The van der Waals surface area contributed by atoms with Crippen LogP contribution in [0.2, 0.25) is 0 Å². The second-order valence-electron chi connectivity index (χ2n) is 9.05. The van der Waals surface area contributed by atoms with Crippen LogP contribution in [0, 0.1) is 0 Å². The highest BCUT2D eigenvalue weighted by Crippen LogP contribution is 2.35. The molecule has 200 valence electrons. The van der Waals surface area contributed by atoms with Crippen molar-refractivity contribution in [1.82, 2.24) is 14.9 Å². The number of carbonyl (C=O) groups is 1. The van der Waals surface area contributed by atoms with Crippen LogP contribution in [0.15, 0.2) is 29.0 Å². The van der Waals surface area contributed by atoms with Gasteiger partial charge < -0.3 is 25.8 Å². The van der Waals surface area contributed by atoms with Crippen LogP contribution in [0.4, 0.5) is 10.5 Å². The Morgan fingerprint density at radius 1 is 1.19 bits per heavy atom. The van der Waals surface area contributed by atoms with Crippen LogP contribution in [0.5, 0.6) is 0 Å². The molecule has 0 aliphatic carbocycles. The maximum atomic E-state index is 11.7. The molecule has 2 unspecified atom stereocenters. The molecule has 0 saturated carbocycles. The van der Waals surface area contributed by atoms with Crippen LogP contribution >= 0.6 is 56.8 Å². The van der Waals surface area contributed by atoms with Crippen LogP contribution in [0.25, 0.3) is 16.5 Å². The summed E-state index contributed by atoms with van der Waals surface area (Å²) >= 11 is 4.56. The minimum Gasteiger partial charge on any atom is -0.482 e. The number of halogens is 2. The molecule has 1 amide bonds. The fraction of sp³-hybridized carbons (Fsp3) is 0.522. The Kier molecular flexibility index (Phi) is 14.0. The summed E-state index contributed by atoms with van der Waals surface area (Å²) < 4.78 is 17.0. The van der Waals surface area contributed by atoms with Gasteiger partial charge in [0, 0.05) is 30.4 Å². The third-order valence-corrected chi connectivity index (χ3v) is 8.09. The first kappa shape index (κ1) is 31.3. The number of allylic oxidation sites excluding steroid dienone is 1. The molecule has 0 fully saturated rings. The molecule has 2 rings (SSSR count). The van der Waals surface area contributed by atoms with Gasteiger partial charge in [-0.3, -0.25) is 4.76 Å². The van der Waals surface area contributed by atoms with Crippen molar-refractivity contribution in [3.8, 4) is 0 Å². The van der Waals surface area contributed by atoms with Crippen molar-refractivity contribution in [3.63, 3.8) is 0 Å². The summed E-state index contributed by atoms with van der Waals surface area (Å²) in [5.74, 6) is 0.336. The quantitative estimate of drug-likeness (QED) is 0.0629. The number of ether oxygens (including phenoxy) is 2. The Bertz CT molecular complexity index is 1060. The Hall–Kier alpha value is -0.910. The molecule has 0 spiro atoms. The van der Waals surface area contributed by atoms with E-state index in [2.05, 4.69) is 76.7 Å². The number of methoxy groups -OCH3 is 1. The van der Waals surface area contributed by atoms with Gasteiger partial charge in [0.25, 0.3) is 0 Å². The normalized spacial score (nSPS) is 13.3. The molecule has 1 aromatic heterocycles. The van der Waals surface area contributed by atoms with E-state index in [9.17, 15) is 4.79 Å². The van der Waals surface area contributed by atoms with Gasteiger partial charge in [-0.1, -0.05) is 19.3 Å². The highest BCUT2D eigenvalue weighted by Gasteiger charge is 2.16. The molecule has 0 aliphatic rings. The topological polar surface area (TPSA) is 116 Å². The number of amides is 1. The molecule has 0 bridgehead atoms. The molecule has 0 aliphatic heterocycles.